The fraction of sp³-hybridized carbons (Fsp3) is 0.333. The minimum absolute atomic E-state index is 0.201. The molecule has 0 bridgehead atoms. The van der Waals surface area contributed by atoms with E-state index < -0.39 is 6.10 Å². The molecule has 1 aliphatic carbocycles. The number of pyridine rings is 1. The molecule has 4 rings (SSSR count). The molecular weight excluding hydrogens is 292 g/mol. The second-order valence-corrected chi connectivity index (χ2v) is 6.25. The Balaban J connectivity index is 1.70. The van der Waals surface area contributed by atoms with Crippen LogP contribution < -0.4 is 10.2 Å². The molecule has 1 N–H and O–H groups in total. The smallest absolute Gasteiger partial charge is 0.223 e. The van der Waals surface area contributed by atoms with Crippen LogP contribution in [0.1, 0.15) is 36.6 Å². The van der Waals surface area contributed by atoms with E-state index in [1.54, 1.807) is 10.9 Å². The van der Waals surface area contributed by atoms with Crippen LogP contribution in [0.4, 0.5) is 0 Å². The zero-order valence-electron chi connectivity index (χ0n) is 12.7. The summed E-state index contributed by atoms with van der Waals surface area (Å²) in [4.78, 5) is 12.3. The van der Waals surface area contributed by atoms with Gasteiger partial charge in [0.2, 0.25) is 5.43 Å². The van der Waals surface area contributed by atoms with Crippen molar-refractivity contribution in [2.45, 2.75) is 32.0 Å². The SMILES string of the molecule is O=c1ccn2c(c1OCc1ccccc1)C(O)C1(C=N2)CCC1. The monoisotopic (exact) mass is 310 g/mol. The Hall–Kier alpha value is -2.40. The van der Waals surface area contributed by atoms with Crippen LogP contribution in [0.5, 0.6) is 5.75 Å². The van der Waals surface area contributed by atoms with Gasteiger partial charge >= 0.3 is 0 Å². The van der Waals surface area contributed by atoms with E-state index in [1.165, 1.54) is 6.07 Å². The van der Waals surface area contributed by atoms with E-state index in [-0.39, 0.29) is 23.2 Å². The van der Waals surface area contributed by atoms with Crippen molar-refractivity contribution < 1.29 is 9.84 Å². The van der Waals surface area contributed by atoms with Crippen LogP contribution in [0, 0.1) is 5.41 Å². The average molecular weight is 310 g/mol. The molecule has 0 radical (unpaired) electrons. The summed E-state index contributed by atoms with van der Waals surface area (Å²) < 4.78 is 7.34. The largest absolute Gasteiger partial charge is 0.483 e. The summed E-state index contributed by atoms with van der Waals surface area (Å²) in [7, 11) is 0. The van der Waals surface area contributed by atoms with Gasteiger partial charge < -0.3 is 9.84 Å². The number of ether oxygens (including phenoxy) is 1. The Labute approximate surface area is 133 Å². The fourth-order valence-corrected chi connectivity index (χ4v) is 3.26. The van der Waals surface area contributed by atoms with E-state index in [4.69, 9.17) is 4.74 Å². The van der Waals surface area contributed by atoms with Gasteiger partial charge in [-0.3, -0.25) is 4.79 Å². The molecule has 1 fully saturated rings. The summed E-state index contributed by atoms with van der Waals surface area (Å²) in [5.41, 5.74) is 0.883. The fourth-order valence-electron chi connectivity index (χ4n) is 3.26. The van der Waals surface area contributed by atoms with Crippen molar-refractivity contribution in [2.24, 2.45) is 10.5 Å². The highest BCUT2D eigenvalue weighted by Gasteiger charge is 2.47. The molecule has 1 aromatic heterocycles. The van der Waals surface area contributed by atoms with Crippen molar-refractivity contribution in [2.75, 3.05) is 0 Å². The Kier molecular flexibility index (Phi) is 3.31. The zero-order chi connectivity index (χ0) is 15.9. The van der Waals surface area contributed by atoms with Gasteiger partial charge in [0.1, 0.15) is 18.4 Å². The molecule has 118 valence electrons. The van der Waals surface area contributed by atoms with Crippen LogP contribution in [-0.4, -0.2) is 16.0 Å². The number of hydrogen-bond donors (Lipinski definition) is 1. The molecule has 1 aliphatic heterocycles. The Morgan fingerprint density at radius 1 is 1.26 bits per heavy atom. The maximum Gasteiger partial charge on any atom is 0.223 e. The lowest BCUT2D eigenvalue weighted by Crippen LogP contribution is -2.42. The molecular formula is C18H18N2O3. The van der Waals surface area contributed by atoms with Crippen molar-refractivity contribution in [3.8, 4) is 5.75 Å². The third-order valence-electron chi connectivity index (χ3n) is 4.82. The summed E-state index contributed by atoms with van der Waals surface area (Å²) in [5, 5.41) is 15.2. The third kappa shape index (κ3) is 2.28. The summed E-state index contributed by atoms with van der Waals surface area (Å²) in [5.74, 6) is 0.201. The highest BCUT2D eigenvalue weighted by atomic mass is 16.5. The number of aliphatic hydroxyl groups is 1. The molecule has 0 saturated heterocycles. The van der Waals surface area contributed by atoms with E-state index in [9.17, 15) is 9.90 Å². The number of rotatable bonds is 3. The predicted octanol–water partition coefficient (Wildman–Crippen LogP) is 2.48. The van der Waals surface area contributed by atoms with E-state index in [1.807, 2.05) is 36.5 Å². The van der Waals surface area contributed by atoms with Gasteiger partial charge in [-0.25, -0.2) is 4.68 Å². The summed E-state index contributed by atoms with van der Waals surface area (Å²) in [6, 6.07) is 11.1. The first-order valence-corrected chi connectivity index (χ1v) is 7.85. The van der Waals surface area contributed by atoms with Crippen molar-refractivity contribution in [1.82, 2.24) is 4.68 Å². The van der Waals surface area contributed by atoms with Crippen molar-refractivity contribution >= 4 is 6.21 Å². The van der Waals surface area contributed by atoms with Crippen LogP contribution >= 0.6 is 0 Å². The predicted molar refractivity (Wildman–Crippen MR) is 86.6 cm³/mol. The number of aromatic nitrogens is 1. The van der Waals surface area contributed by atoms with Gasteiger partial charge in [0.15, 0.2) is 5.75 Å². The number of nitrogens with zero attached hydrogens (tertiary/aromatic N) is 2. The number of fused-ring (bicyclic) bond motifs is 1. The molecule has 1 atom stereocenters. The van der Waals surface area contributed by atoms with Crippen LogP contribution in [0.2, 0.25) is 0 Å². The van der Waals surface area contributed by atoms with Crippen molar-refractivity contribution in [1.29, 1.82) is 0 Å². The highest BCUT2D eigenvalue weighted by Crippen LogP contribution is 2.51. The lowest BCUT2D eigenvalue weighted by Gasteiger charge is -2.44. The third-order valence-corrected chi connectivity index (χ3v) is 4.82. The van der Waals surface area contributed by atoms with Crippen LogP contribution in [0.25, 0.3) is 0 Å². The lowest BCUT2D eigenvalue weighted by atomic mass is 9.64. The number of aliphatic hydroxyl groups excluding tert-OH is 1. The topological polar surface area (TPSA) is 63.8 Å². The molecule has 23 heavy (non-hydrogen) atoms. The summed E-state index contributed by atoms with van der Waals surface area (Å²) >= 11 is 0. The first kappa shape index (κ1) is 14.2. The second-order valence-electron chi connectivity index (χ2n) is 6.25. The molecule has 2 heterocycles. The minimum Gasteiger partial charge on any atom is -0.483 e. The van der Waals surface area contributed by atoms with Gasteiger partial charge in [-0.1, -0.05) is 36.8 Å². The molecule has 1 unspecified atom stereocenters. The normalized spacial score (nSPS) is 20.8. The van der Waals surface area contributed by atoms with Crippen LogP contribution in [-0.2, 0) is 6.61 Å². The van der Waals surface area contributed by atoms with Crippen LogP contribution in [0.3, 0.4) is 0 Å². The summed E-state index contributed by atoms with van der Waals surface area (Å²) in [6.07, 6.45) is 5.49. The van der Waals surface area contributed by atoms with E-state index >= 15 is 0 Å². The first-order valence-electron chi connectivity index (χ1n) is 7.85. The van der Waals surface area contributed by atoms with E-state index in [0.717, 1.165) is 24.8 Å². The van der Waals surface area contributed by atoms with E-state index in [0.29, 0.717) is 5.69 Å². The second kappa shape index (κ2) is 5.35. The van der Waals surface area contributed by atoms with Crippen molar-refractivity contribution in [3.05, 3.63) is 64.1 Å². The minimum atomic E-state index is -0.756. The first-order chi connectivity index (χ1) is 11.2. The molecule has 5 nitrogen and oxygen atoms in total. The summed E-state index contributed by atoms with van der Waals surface area (Å²) in [6.45, 7) is 0.288. The molecule has 0 amide bonds. The maximum absolute atomic E-state index is 12.3. The molecule has 1 aromatic carbocycles. The highest BCUT2D eigenvalue weighted by molar-refractivity contribution is 5.70. The van der Waals surface area contributed by atoms with Gasteiger partial charge in [0.25, 0.3) is 0 Å². The van der Waals surface area contributed by atoms with Crippen molar-refractivity contribution in [3.63, 3.8) is 0 Å². The van der Waals surface area contributed by atoms with Gasteiger partial charge in [0, 0.05) is 23.9 Å². The Morgan fingerprint density at radius 3 is 2.74 bits per heavy atom. The van der Waals surface area contributed by atoms with Crippen LogP contribution in [0.15, 0.2) is 52.5 Å². The molecule has 2 aromatic rings. The average Bonchev–Trinajstić information content (AvgIpc) is 2.54. The zero-order valence-corrected chi connectivity index (χ0v) is 12.7. The Bertz CT molecular complexity index is 807. The standard InChI is InChI=1S/C18H18N2O3/c21-14-7-10-20-15(17(22)18(12-19-20)8-4-9-18)16(14)23-11-13-5-2-1-3-6-13/h1-3,5-7,10,12,17,22H,4,8-9,11H2. The van der Waals surface area contributed by atoms with Gasteiger partial charge in [-0.2, -0.15) is 5.10 Å². The lowest BCUT2D eigenvalue weighted by molar-refractivity contribution is 0.00798. The van der Waals surface area contributed by atoms with Gasteiger partial charge in [-0.05, 0) is 18.4 Å². The quantitative estimate of drug-likeness (QED) is 0.947. The maximum atomic E-state index is 12.3. The molecule has 1 saturated carbocycles. The van der Waals surface area contributed by atoms with E-state index in [2.05, 4.69) is 5.10 Å². The van der Waals surface area contributed by atoms with Gasteiger partial charge in [0.05, 0.1) is 0 Å². The number of hydrogen-bond acceptors (Lipinski definition) is 4. The van der Waals surface area contributed by atoms with Gasteiger partial charge in [-0.15, -0.1) is 0 Å². The molecule has 1 spiro atoms. The molecule has 2 aliphatic rings. The number of benzene rings is 1. The molecule has 5 heteroatoms. The Morgan fingerprint density at radius 2 is 2.04 bits per heavy atom.